The minimum absolute atomic E-state index is 0.397. The molecule has 0 saturated heterocycles. The Kier molecular flexibility index (Phi) is 3.53. The monoisotopic (exact) mass is 322 g/mol. The third kappa shape index (κ3) is 2.87. The molecular weight excluding hydrogens is 300 g/mol. The maximum absolute atomic E-state index is 6.16. The molecule has 2 heterocycles. The van der Waals surface area contributed by atoms with Gasteiger partial charge in [0.1, 0.15) is 5.75 Å². The largest absolute Gasteiger partial charge is 0.492 e. The van der Waals surface area contributed by atoms with E-state index in [9.17, 15) is 0 Å². The fourth-order valence-electron chi connectivity index (χ4n) is 2.77. The number of hydrogen-bond donors (Lipinski definition) is 2. The minimum atomic E-state index is -0.397. The summed E-state index contributed by atoms with van der Waals surface area (Å²) in [6.07, 6.45) is 6.18. The molecule has 3 N–H and O–H groups in total. The quantitative estimate of drug-likeness (QED) is 0.752. The van der Waals surface area contributed by atoms with Crippen LogP contribution in [0.2, 0.25) is 0 Å². The third-order valence-corrected chi connectivity index (χ3v) is 4.52. The van der Waals surface area contributed by atoms with Crippen LogP contribution in [0.5, 0.6) is 5.75 Å². The number of rotatable bonds is 5. The molecule has 0 radical (unpaired) electrons. The third-order valence-electron chi connectivity index (χ3n) is 4.52. The molecule has 5 heteroatoms. The van der Waals surface area contributed by atoms with Gasteiger partial charge in [-0.3, -0.25) is 10.1 Å². The van der Waals surface area contributed by atoms with E-state index in [1.54, 1.807) is 0 Å². The van der Waals surface area contributed by atoms with Crippen molar-refractivity contribution in [1.29, 1.82) is 0 Å². The van der Waals surface area contributed by atoms with Crippen molar-refractivity contribution in [3.8, 4) is 17.0 Å². The van der Waals surface area contributed by atoms with Gasteiger partial charge < -0.3 is 10.5 Å². The molecule has 2 aromatic heterocycles. The highest BCUT2D eigenvalue weighted by molar-refractivity contribution is 5.92. The lowest BCUT2D eigenvalue weighted by atomic mass is 9.96. The van der Waals surface area contributed by atoms with E-state index < -0.39 is 5.54 Å². The van der Waals surface area contributed by atoms with Gasteiger partial charge in [-0.2, -0.15) is 5.10 Å². The predicted molar refractivity (Wildman–Crippen MR) is 94.8 cm³/mol. The number of nitrogens with zero attached hydrogens (tertiary/aromatic N) is 2. The molecule has 0 bridgehead atoms. The number of nitrogens with one attached hydrogen (secondary N) is 1. The smallest absolute Gasteiger partial charge is 0.139 e. The molecule has 1 saturated carbocycles. The second-order valence-electron chi connectivity index (χ2n) is 7.18. The summed E-state index contributed by atoms with van der Waals surface area (Å²) in [4.78, 5) is 4.62. The molecule has 0 amide bonds. The van der Waals surface area contributed by atoms with Gasteiger partial charge in [-0.05, 0) is 56.4 Å². The summed E-state index contributed by atoms with van der Waals surface area (Å²) >= 11 is 0. The van der Waals surface area contributed by atoms with E-state index in [2.05, 4.69) is 15.2 Å². The van der Waals surface area contributed by atoms with Gasteiger partial charge in [-0.1, -0.05) is 6.07 Å². The number of H-pyrrole nitrogens is 1. The lowest BCUT2D eigenvalue weighted by molar-refractivity contribution is 0.304. The highest BCUT2D eigenvalue weighted by atomic mass is 16.5. The maximum Gasteiger partial charge on any atom is 0.139 e. The summed E-state index contributed by atoms with van der Waals surface area (Å²) in [5.74, 6) is 1.55. The van der Waals surface area contributed by atoms with E-state index in [1.165, 1.54) is 12.8 Å². The van der Waals surface area contributed by atoms with Crippen molar-refractivity contribution in [3.63, 3.8) is 0 Å². The molecule has 1 aliphatic rings. The average Bonchev–Trinajstić information content (AvgIpc) is 3.26. The van der Waals surface area contributed by atoms with Crippen LogP contribution in [0.4, 0.5) is 0 Å². The first kappa shape index (κ1) is 15.1. The number of pyridine rings is 1. The summed E-state index contributed by atoms with van der Waals surface area (Å²) in [6, 6.07) is 8.10. The molecule has 24 heavy (non-hydrogen) atoms. The summed E-state index contributed by atoms with van der Waals surface area (Å²) in [5.41, 5.74) is 9.61. The lowest BCUT2D eigenvalue weighted by Gasteiger charge is -2.19. The SMILES string of the molecule is CC(C)(N)c1ccc(-c2ccc3[nH]ncc3c2OCC2CC2)nc1. The van der Waals surface area contributed by atoms with Crippen LogP contribution < -0.4 is 10.5 Å². The molecule has 1 aliphatic carbocycles. The van der Waals surface area contributed by atoms with Gasteiger partial charge in [0.05, 0.1) is 29.4 Å². The van der Waals surface area contributed by atoms with E-state index in [-0.39, 0.29) is 0 Å². The topological polar surface area (TPSA) is 76.8 Å². The Morgan fingerprint density at radius 1 is 1.21 bits per heavy atom. The van der Waals surface area contributed by atoms with Crippen LogP contribution in [0.3, 0.4) is 0 Å². The molecule has 1 fully saturated rings. The van der Waals surface area contributed by atoms with E-state index >= 15 is 0 Å². The summed E-state index contributed by atoms with van der Waals surface area (Å²) in [5, 5.41) is 8.15. The normalized spacial score (nSPS) is 15.0. The Bertz CT molecular complexity index is 857. The van der Waals surface area contributed by atoms with E-state index in [0.29, 0.717) is 5.92 Å². The van der Waals surface area contributed by atoms with Gasteiger partial charge in [0, 0.05) is 17.3 Å². The van der Waals surface area contributed by atoms with Gasteiger partial charge in [-0.15, -0.1) is 0 Å². The van der Waals surface area contributed by atoms with Crippen molar-refractivity contribution in [1.82, 2.24) is 15.2 Å². The predicted octanol–water partition coefficient (Wildman–Crippen LogP) is 3.61. The van der Waals surface area contributed by atoms with Crippen LogP contribution in [0.15, 0.2) is 36.7 Å². The molecule has 0 atom stereocenters. The van der Waals surface area contributed by atoms with Crippen LogP contribution in [0.25, 0.3) is 22.2 Å². The number of nitrogens with two attached hydrogens (primary N) is 1. The van der Waals surface area contributed by atoms with Crippen molar-refractivity contribution >= 4 is 10.9 Å². The summed E-state index contributed by atoms with van der Waals surface area (Å²) in [7, 11) is 0. The van der Waals surface area contributed by atoms with Crippen molar-refractivity contribution in [3.05, 3.63) is 42.2 Å². The zero-order chi connectivity index (χ0) is 16.7. The first-order valence-electron chi connectivity index (χ1n) is 8.37. The Hall–Kier alpha value is -2.40. The number of hydrogen-bond acceptors (Lipinski definition) is 4. The van der Waals surface area contributed by atoms with Gasteiger partial charge in [0.25, 0.3) is 0 Å². The van der Waals surface area contributed by atoms with Gasteiger partial charge in [0.15, 0.2) is 0 Å². The molecule has 4 rings (SSSR count). The molecule has 1 aromatic carbocycles. The van der Waals surface area contributed by atoms with Crippen molar-refractivity contribution in [2.45, 2.75) is 32.2 Å². The molecule has 3 aromatic rings. The minimum Gasteiger partial charge on any atom is -0.492 e. The summed E-state index contributed by atoms with van der Waals surface area (Å²) in [6.45, 7) is 4.71. The van der Waals surface area contributed by atoms with Gasteiger partial charge in [0.2, 0.25) is 0 Å². The van der Waals surface area contributed by atoms with Crippen LogP contribution in [0.1, 0.15) is 32.3 Å². The number of fused-ring (bicyclic) bond motifs is 1. The van der Waals surface area contributed by atoms with Crippen LogP contribution in [0, 0.1) is 5.92 Å². The highest BCUT2D eigenvalue weighted by Crippen LogP contribution is 2.38. The highest BCUT2D eigenvalue weighted by Gasteiger charge is 2.24. The average molecular weight is 322 g/mol. The van der Waals surface area contributed by atoms with E-state index in [4.69, 9.17) is 10.5 Å². The van der Waals surface area contributed by atoms with Crippen LogP contribution in [-0.2, 0) is 5.54 Å². The van der Waals surface area contributed by atoms with Gasteiger partial charge in [-0.25, -0.2) is 0 Å². The first-order valence-corrected chi connectivity index (χ1v) is 8.37. The van der Waals surface area contributed by atoms with E-state index in [1.807, 2.05) is 50.5 Å². The van der Waals surface area contributed by atoms with Crippen molar-refractivity contribution < 1.29 is 4.74 Å². The van der Waals surface area contributed by atoms with Gasteiger partial charge >= 0.3 is 0 Å². The molecule has 0 aliphatic heterocycles. The molecule has 0 spiro atoms. The number of aromatic amines is 1. The standard InChI is InChI=1S/C19H22N4O/c1-19(2,20)13-5-7-16(21-9-13)14-6-8-17-15(10-22-23-17)18(14)24-11-12-3-4-12/h5-10,12H,3-4,11,20H2,1-2H3,(H,22,23). The fourth-order valence-corrected chi connectivity index (χ4v) is 2.77. The zero-order valence-electron chi connectivity index (χ0n) is 14.0. The van der Waals surface area contributed by atoms with Crippen LogP contribution in [-0.4, -0.2) is 21.8 Å². The number of aromatic nitrogens is 3. The van der Waals surface area contributed by atoms with Crippen molar-refractivity contribution in [2.75, 3.05) is 6.61 Å². The lowest BCUT2D eigenvalue weighted by Crippen LogP contribution is -2.28. The number of ether oxygens (including phenoxy) is 1. The Labute approximate surface area is 141 Å². The molecular formula is C19H22N4O. The van der Waals surface area contributed by atoms with Crippen molar-refractivity contribution in [2.24, 2.45) is 11.7 Å². The first-order chi connectivity index (χ1) is 11.5. The fraction of sp³-hybridized carbons (Fsp3) is 0.368. The molecule has 0 unspecified atom stereocenters. The second-order valence-corrected chi connectivity index (χ2v) is 7.18. The Morgan fingerprint density at radius 2 is 2.04 bits per heavy atom. The Balaban J connectivity index is 1.75. The Morgan fingerprint density at radius 3 is 2.71 bits per heavy atom. The van der Waals surface area contributed by atoms with E-state index in [0.717, 1.165) is 40.1 Å². The second kappa shape index (κ2) is 5.60. The van der Waals surface area contributed by atoms with Crippen LogP contribution >= 0.6 is 0 Å². The zero-order valence-corrected chi connectivity index (χ0v) is 14.0. The summed E-state index contributed by atoms with van der Waals surface area (Å²) < 4.78 is 6.16. The maximum atomic E-state index is 6.16. The molecule has 124 valence electrons. The number of benzene rings is 1. The molecule has 5 nitrogen and oxygen atoms in total.